The molecule has 3 aromatic rings. The van der Waals surface area contributed by atoms with Crippen molar-refractivity contribution in [2.75, 3.05) is 23.5 Å². The van der Waals surface area contributed by atoms with E-state index in [1.165, 1.54) is 23.0 Å². The van der Waals surface area contributed by atoms with Gasteiger partial charge in [0, 0.05) is 12.2 Å². The Morgan fingerprint density at radius 1 is 1.27 bits per heavy atom. The van der Waals surface area contributed by atoms with Gasteiger partial charge >= 0.3 is 18.2 Å². The van der Waals surface area contributed by atoms with Crippen molar-refractivity contribution >= 4 is 23.4 Å². The molecule has 7 nitrogen and oxygen atoms in total. The number of benzene rings is 2. The summed E-state index contributed by atoms with van der Waals surface area (Å²) in [5, 5.41) is 7.44. The molecule has 0 saturated heterocycles. The van der Waals surface area contributed by atoms with Crippen LogP contribution in [0.15, 0.2) is 47.2 Å². The summed E-state index contributed by atoms with van der Waals surface area (Å²) >= 11 is 0. The van der Waals surface area contributed by atoms with E-state index in [9.17, 15) is 18.0 Å². The second-order valence-electron chi connectivity index (χ2n) is 6.76. The van der Waals surface area contributed by atoms with Gasteiger partial charge in [-0.2, -0.15) is 13.2 Å². The first-order valence-corrected chi connectivity index (χ1v) is 9.02. The molecule has 2 aromatic carbocycles. The number of amides is 2. The van der Waals surface area contributed by atoms with Crippen LogP contribution in [0.3, 0.4) is 0 Å². The molecular formula is C20H17F3N4O3. The molecule has 1 aliphatic heterocycles. The van der Waals surface area contributed by atoms with E-state index in [4.69, 9.17) is 9.15 Å². The van der Waals surface area contributed by atoms with Gasteiger partial charge in [-0.3, -0.25) is 4.90 Å². The number of halogens is 3. The minimum atomic E-state index is -4.62. The van der Waals surface area contributed by atoms with E-state index in [1.54, 1.807) is 18.2 Å². The number of hydrogen-bond acceptors (Lipinski definition) is 5. The Hall–Kier alpha value is -3.56. The average Bonchev–Trinajstić information content (AvgIpc) is 3.36. The number of hydrogen-bond donors (Lipinski definition) is 0. The minimum absolute atomic E-state index is 0.0800. The molecule has 156 valence electrons. The monoisotopic (exact) mass is 418 g/mol. The van der Waals surface area contributed by atoms with Crippen LogP contribution in [0.25, 0.3) is 0 Å². The first-order valence-electron chi connectivity index (χ1n) is 9.02. The predicted octanol–water partition coefficient (Wildman–Crippen LogP) is 4.73. The molecule has 4 rings (SSSR count). The number of anilines is 3. The van der Waals surface area contributed by atoms with Crippen LogP contribution in [-0.2, 0) is 12.6 Å². The highest BCUT2D eigenvalue weighted by atomic mass is 19.4. The second kappa shape index (κ2) is 7.36. The third-order valence-corrected chi connectivity index (χ3v) is 4.82. The Morgan fingerprint density at radius 3 is 2.70 bits per heavy atom. The smallest absolute Gasteiger partial charge is 0.420 e. The van der Waals surface area contributed by atoms with Crippen molar-refractivity contribution in [2.24, 2.45) is 0 Å². The third-order valence-electron chi connectivity index (χ3n) is 4.82. The molecule has 2 amide bonds. The predicted molar refractivity (Wildman–Crippen MR) is 102 cm³/mol. The highest BCUT2D eigenvalue weighted by Crippen LogP contribution is 2.43. The summed E-state index contributed by atoms with van der Waals surface area (Å²) in [7, 11) is 1.18. The molecular weight excluding hydrogens is 401 g/mol. The van der Waals surface area contributed by atoms with E-state index in [-0.39, 0.29) is 24.0 Å². The van der Waals surface area contributed by atoms with E-state index in [0.717, 1.165) is 18.0 Å². The van der Waals surface area contributed by atoms with Crippen LogP contribution in [0.4, 0.5) is 35.4 Å². The van der Waals surface area contributed by atoms with Gasteiger partial charge in [-0.15, -0.1) is 5.10 Å². The molecule has 0 N–H and O–H groups in total. The largest absolute Gasteiger partial charge is 0.496 e. The number of rotatable bonds is 3. The highest BCUT2D eigenvalue weighted by molar-refractivity contribution is 6.08. The molecule has 0 bridgehead atoms. The van der Waals surface area contributed by atoms with Crippen LogP contribution in [0.2, 0.25) is 0 Å². The lowest BCUT2D eigenvalue weighted by atomic mass is 10.1. The normalized spacial score (nSPS) is 13.3. The highest BCUT2D eigenvalue weighted by Gasteiger charge is 2.39. The number of ether oxygens (including phenoxy) is 1. The summed E-state index contributed by atoms with van der Waals surface area (Å²) in [5.41, 5.74) is 1.16. The second-order valence-corrected chi connectivity index (χ2v) is 6.76. The quantitative estimate of drug-likeness (QED) is 0.615. The van der Waals surface area contributed by atoms with Gasteiger partial charge in [-0.05, 0) is 48.7 Å². The van der Waals surface area contributed by atoms with Crippen molar-refractivity contribution < 1.29 is 27.1 Å². The summed E-state index contributed by atoms with van der Waals surface area (Å²) in [6, 6.07) is 8.63. The molecule has 10 heteroatoms. The maximum Gasteiger partial charge on any atom is 0.420 e. The molecule has 1 aliphatic rings. The standard InChI is InChI=1S/C20H17F3N4O3/c1-12-4-3-5-14(8-12)27(18-25-24-11-30-18)19(28)26-7-6-13-9-17(29-2)15(10-16(13)26)20(21,22)23/h3-5,8-11H,6-7H2,1-2H3. The number of aromatic nitrogens is 2. The summed E-state index contributed by atoms with van der Waals surface area (Å²) in [5.74, 6) is -0.275. The zero-order chi connectivity index (χ0) is 21.5. The Bertz CT molecular complexity index is 1080. The van der Waals surface area contributed by atoms with Crippen LogP contribution in [0.1, 0.15) is 16.7 Å². The summed E-state index contributed by atoms with van der Waals surface area (Å²) in [6.45, 7) is 2.06. The van der Waals surface area contributed by atoms with Crippen molar-refractivity contribution in [1.82, 2.24) is 10.2 Å². The third kappa shape index (κ3) is 3.44. The van der Waals surface area contributed by atoms with Crippen molar-refractivity contribution in [1.29, 1.82) is 0 Å². The molecule has 1 aromatic heterocycles. The Morgan fingerprint density at radius 2 is 2.07 bits per heavy atom. The van der Waals surface area contributed by atoms with Gasteiger partial charge in [-0.25, -0.2) is 9.69 Å². The fraction of sp³-hybridized carbons (Fsp3) is 0.250. The first-order chi connectivity index (χ1) is 14.3. The average molecular weight is 418 g/mol. The SMILES string of the molecule is COc1cc2c(cc1C(F)(F)F)N(C(=O)N(c1cccc(C)c1)c1nnco1)CC2. The number of carbonyl (C=O) groups is 1. The Balaban J connectivity index is 1.79. The number of methoxy groups -OCH3 is 1. The lowest BCUT2D eigenvalue weighted by Crippen LogP contribution is -2.40. The lowest BCUT2D eigenvalue weighted by molar-refractivity contribution is -0.138. The number of nitrogens with zero attached hydrogens (tertiary/aromatic N) is 4. The van der Waals surface area contributed by atoms with Crippen LogP contribution in [-0.4, -0.2) is 29.9 Å². The fourth-order valence-corrected chi connectivity index (χ4v) is 3.46. The maximum atomic E-state index is 13.5. The molecule has 2 heterocycles. The van der Waals surface area contributed by atoms with E-state index >= 15 is 0 Å². The summed E-state index contributed by atoms with van der Waals surface area (Å²) < 4.78 is 50.6. The van der Waals surface area contributed by atoms with Crippen molar-refractivity contribution in [3.63, 3.8) is 0 Å². The van der Waals surface area contributed by atoms with Gasteiger partial charge in [0.1, 0.15) is 5.75 Å². The molecule has 0 fully saturated rings. The van der Waals surface area contributed by atoms with Gasteiger partial charge in [0.15, 0.2) is 0 Å². The maximum absolute atomic E-state index is 13.5. The molecule has 0 atom stereocenters. The molecule has 0 saturated carbocycles. The molecule has 30 heavy (non-hydrogen) atoms. The van der Waals surface area contributed by atoms with E-state index < -0.39 is 17.8 Å². The lowest BCUT2D eigenvalue weighted by Gasteiger charge is -2.26. The zero-order valence-corrected chi connectivity index (χ0v) is 16.1. The fourth-order valence-electron chi connectivity index (χ4n) is 3.46. The number of aryl methyl sites for hydroxylation is 1. The number of alkyl halides is 3. The number of fused-ring (bicyclic) bond motifs is 1. The van der Waals surface area contributed by atoms with Crippen LogP contribution < -0.4 is 14.5 Å². The van der Waals surface area contributed by atoms with Crippen LogP contribution >= 0.6 is 0 Å². The van der Waals surface area contributed by atoms with Gasteiger partial charge in [0.05, 0.1) is 18.4 Å². The molecule has 0 spiro atoms. The molecule has 0 aliphatic carbocycles. The topological polar surface area (TPSA) is 71.7 Å². The van der Waals surface area contributed by atoms with Crippen LogP contribution in [0, 0.1) is 6.92 Å². The van der Waals surface area contributed by atoms with E-state index in [0.29, 0.717) is 17.7 Å². The summed E-state index contributed by atoms with van der Waals surface area (Å²) in [6.07, 6.45) is -3.16. The van der Waals surface area contributed by atoms with Gasteiger partial charge in [0.25, 0.3) is 0 Å². The Labute approximate surface area is 169 Å². The van der Waals surface area contributed by atoms with Gasteiger partial charge in [-0.1, -0.05) is 17.2 Å². The number of urea groups is 1. The van der Waals surface area contributed by atoms with Crippen molar-refractivity contribution in [2.45, 2.75) is 19.5 Å². The van der Waals surface area contributed by atoms with E-state index in [1.807, 2.05) is 13.0 Å². The zero-order valence-electron chi connectivity index (χ0n) is 16.1. The van der Waals surface area contributed by atoms with Crippen molar-refractivity contribution in [3.8, 4) is 5.75 Å². The van der Waals surface area contributed by atoms with Crippen molar-refractivity contribution in [3.05, 3.63) is 59.5 Å². The van der Waals surface area contributed by atoms with Crippen LogP contribution in [0.5, 0.6) is 5.75 Å². The minimum Gasteiger partial charge on any atom is -0.496 e. The molecule has 0 radical (unpaired) electrons. The molecule has 0 unspecified atom stereocenters. The Kier molecular flexibility index (Phi) is 4.84. The first kappa shape index (κ1) is 19.7. The number of carbonyl (C=O) groups excluding carboxylic acids is 1. The van der Waals surface area contributed by atoms with E-state index in [2.05, 4.69) is 10.2 Å². The van der Waals surface area contributed by atoms with Gasteiger partial charge < -0.3 is 9.15 Å². The summed E-state index contributed by atoms with van der Waals surface area (Å²) in [4.78, 5) is 15.9. The van der Waals surface area contributed by atoms with Gasteiger partial charge in [0.2, 0.25) is 6.39 Å².